The maximum atomic E-state index is 12.3. The number of hydrogen-bond donors (Lipinski definition) is 1. The summed E-state index contributed by atoms with van der Waals surface area (Å²) in [4.78, 5) is 17.0. The van der Waals surface area contributed by atoms with Crippen LogP contribution in [0, 0.1) is 0 Å². The van der Waals surface area contributed by atoms with Crippen molar-refractivity contribution in [1.29, 1.82) is 0 Å². The van der Waals surface area contributed by atoms with Gasteiger partial charge in [0.15, 0.2) is 0 Å². The summed E-state index contributed by atoms with van der Waals surface area (Å²) in [7, 11) is 0. The average molecular weight is 328 g/mol. The molecule has 1 aliphatic carbocycles. The fourth-order valence-electron chi connectivity index (χ4n) is 4.03. The Balaban J connectivity index is 1.71. The van der Waals surface area contributed by atoms with Gasteiger partial charge in [0, 0.05) is 43.7 Å². The summed E-state index contributed by atoms with van der Waals surface area (Å²) in [5.74, 6) is 0.224. The number of hydrogen-bond acceptors (Lipinski definition) is 5. The first-order chi connectivity index (χ1) is 11.7. The number of likely N-dealkylation sites (N-methyl/N-ethyl adjacent to an activating group) is 1. The Morgan fingerprint density at radius 3 is 2.54 bits per heavy atom. The summed E-state index contributed by atoms with van der Waals surface area (Å²) in [6.07, 6.45) is 2.74. The van der Waals surface area contributed by atoms with Crippen molar-refractivity contribution in [3.63, 3.8) is 0 Å². The van der Waals surface area contributed by atoms with Gasteiger partial charge in [-0.1, -0.05) is 6.92 Å². The van der Waals surface area contributed by atoms with Crippen LogP contribution in [0.25, 0.3) is 11.0 Å². The van der Waals surface area contributed by atoms with Gasteiger partial charge in [-0.25, -0.2) is 4.79 Å². The van der Waals surface area contributed by atoms with Crippen molar-refractivity contribution in [1.82, 2.24) is 9.80 Å². The predicted molar refractivity (Wildman–Crippen MR) is 93.6 cm³/mol. The van der Waals surface area contributed by atoms with E-state index < -0.39 is 0 Å². The molecule has 1 saturated heterocycles. The normalized spacial score (nSPS) is 19.0. The number of benzene rings is 1. The summed E-state index contributed by atoms with van der Waals surface area (Å²) >= 11 is 0. The Morgan fingerprint density at radius 2 is 1.79 bits per heavy atom. The second-order valence-corrected chi connectivity index (χ2v) is 6.85. The number of piperazine rings is 1. The highest BCUT2D eigenvalue weighted by atomic mass is 16.4. The second kappa shape index (κ2) is 6.22. The van der Waals surface area contributed by atoms with Gasteiger partial charge in [-0.3, -0.25) is 4.90 Å². The lowest BCUT2D eigenvalue weighted by Crippen LogP contribution is -2.45. The van der Waals surface area contributed by atoms with Gasteiger partial charge >= 0.3 is 5.63 Å². The van der Waals surface area contributed by atoms with Crippen LogP contribution in [-0.4, -0.2) is 47.6 Å². The minimum Gasteiger partial charge on any atom is -0.507 e. The highest BCUT2D eigenvalue weighted by Crippen LogP contribution is 2.33. The monoisotopic (exact) mass is 328 g/mol. The molecule has 1 aromatic carbocycles. The molecule has 1 aliphatic heterocycles. The first-order valence-electron chi connectivity index (χ1n) is 8.91. The van der Waals surface area contributed by atoms with Gasteiger partial charge in [0.2, 0.25) is 0 Å². The van der Waals surface area contributed by atoms with Gasteiger partial charge in [-0.15, -0.1) is 0 Å². The lowest BCUT2D eigenvalue weighted by atomic mass is 10.0. The van der Waals surface area contributed by atoms with Crippen molar-refractivity contribution in [2.24, 2.45) is 0 Å². The number of aromatic hydroxyl groups is 1. The van der Waals surface area contributed by atoms with E-state index >= 15 is 0 Å². The smallest absolute Gasteiger partial charge is 0.339 e. The molecule has 0 atom stereocenters. The van der Waals surface area contributed by atoms with Crippen LogP contribution < -0.4 is 5.63 Å². The van der Waals surface area contributed by atoms with Crippen LogP contribution in [0.5, 0.6) is 5.75 Å². The number of rotatable bonds is 3. The van der Waals surface area contributed by atoms with E-state index in [1.165, 1.54) is 0 Å². The Kier molecular flexibility index (Phi) is 4.06. The number of nitrogens with zero attached hydrogens (tertiary/aromatic N) is 2. The first-order valence-corrected chi connectivity index (χ1v) is 8.91. The van der Waals surface area contributed by atoms with E-state index in [2.05, 4.69) is 16.7 Å². The van der Waals surface area contributed by atoms with Crippen molar-refractivity contribution in [2.45, 2.75) is 32.7 Å². The highest BCUT2D eigenvalue weighted by molar-refractivity contribution is 5.86. The van der Waals surface area contributed by atoms with E-state index in [1.54, 1.807) is 6.07 Å². The zero-order chi connectivity index (χ0) is 16.7. The maximum Gasteiger partial charge on any atom is 0.339 e. The minimum atomic E-state index is -0.224. The van der Waals surface area contributed by atoms with E-state index in [0.717, 1.165) is 74.1 Å². The van der Waals surface area contributed by atoms with Crippen molar-refractivity contribution < 1.29 is 9.52 Å². The highest BCUT2D eigenvalue weighted by Gasteiger charge is 2.24. The molecule has 2 heterocycles. The second-order valence-electron chi connectivity index (χ2n) is 6.85. The molecular weight excluding hydrogens is 304 g/mol. The molecular formula is C19H24N2O3. The van der Waals surface area contributed by atoms with Crippen LogP contribution in [0.15, 0.2) is 21.3 Å². The number of aryl methyl sites for hydroxylation is 1. The zero-order valence-electron chi connectivity index (χ0n) is 14.2. The third-order valence-electron chi connectivity index (χ3n) is 5.51. The molecule has 1 N–H and O–H groups in total. The van der Waals surface area contributed by atoms with Gasteiger partial charge in [0.1, 0.15) is 11.3 Å². The lowest BCUT2D eigenvalue weighted by Gasteiger charge is -2.34. The van der Waals surface area contributed by atoms with Gasteiger partial charge in [0.25, 0.3) is 0 Å². The fourth-order valence-corrected chi connectivity index (χ4v) is 4.03. The molecule has 2 aromatic rings. The summed E-state index contributed by atoms with van der Waals surface area (Å²) in [5, 5.41) is 11.4. The van der Waals surface area contributed by atoms with Gasteiger partial charge in [-0.2, -0.15) is 0 Å². The summed E-state index contributed by atoms with van der Waals surface area (Å²) in [5.41, 5.74) is 3.06. The van der Waals surface area contributed by atoms with Crippen molar-refractivity contribution >= 4 is 11.0 Å². The molecule has 0 amide bonds. The summed E-state index contributed by atoms with van der Waals surface area (Å²) in [6.45, 7) is 7.92. The van der Waals surface area contributed by atoms with E-state index in [4.69, 9.17) is 4.42 Å². The maximum absolute atomic E-state index is 12.3. The van der Waals surface area contributed by atoms with Crippen LogP contribution in [0.1, 0.15) is 30.0 Å². The molecule has 5 nitrogen and oxygen atoms in total. The Labute approximate surface area is 141 Å². The van der Waals surface area contributed by atoms with Crippen molar-refractivity contribution in [2.75, 3.05) is 32.7 Å². The molecule has 0 spiro atoms. The Morgan fingerprint density at radius 1 is 1.08 bits per heavy atom. The van der Waals surface area contributed by atoms with E-state index in [1.807, 2.05) is 6.07 Å². The largest absolute Gasteiger partial charge is 0.507 e. The quantitative estimate of drug-likeness (QED) is 0.875. The molecule has 0 radical (unpaired) electrons. The first kappa shape index (κ1) is 15.7. The molecule has 128 valence electrons. The molecule has 2 aliphatic rings. The number of fused-ring (bicyclic) bond motifs is 3. The third-order valence-corrected chi connectivity index (χ3v) is 5.51. The minimum absolute atomic E-state index is 0.224. The predicted octanol–water partition coefficient (Wildman–Crippen LogP) is 2.12. The Hall–Kier alpha value is -1.85. The van der Waals surface area contributed by atoms with E-state index in [9.17, 15) is 9.90 Å². The summed E-state index contributed by atoms with van der Waals surface area (Å²) in [6, 6.07) is 3.65. The molecule has 0 bridgehead atoms. The van der Waals surface area contributed by atoms with Crippen LogP contribution in [-0.2, 0) is 19.4 Å². The molecule has 0 saturated carbocycles. The third kappa shape index (κ3) is 2.62. The summed E-state index contributed by atoms with van der Waals surface area (Å²) < 4.78 is 5.65. The molecule has 5 heteroatoms. The van der Waals surface area contributed by atoms with Crippen LogP contribution in [0.4, 0.5) is 0 Å². The molecule has 24 heavy (non-hydrogen) atoms. The fraction of sp³-hybridized carbons (Fsp3) is 0.526. The van der Waals surface area contributed by atoms with Gasteiger partial charge in [0.05, 0.1) is 5.56 Å². The van der Waals surface area contributed by atoms with Crippen LogP contribution in [0.3, 0.4) is 0 Å². The Bertz CT molecular complexity index is 819. The molecule has 1 aromatic heterocycles. The average Bonchev–Trinajstić information content (AvgIpc) is 3.09. The van der Waals surface area contributed by atoms with Gasteiger partial charge in [-0.05, 0) is 43.5 Å². The topological polar surface area (TPSA) is 56.9 Å². The van der Waals surface area contributed by atoms with Crippen LogP contribution >= 0.6 is 0 Å². The zero-order valence-corrected chi connectivity index (χ0v) is 14.2. The molecule has 1 fully saturated rings. The molecule has 4 rings (SSSR count). The number of phenolic OH excluding ortho intramolecular Hbond substituents is 1. The number of phenols is 1. The standard InChI is InChI=1S/C19H24N2O3/c1-2-20-8-10-21(11-9-20)12-16-17(22)7-6-14-13-4-3-5-15(13)19(23)24-18(14)16/h6-7,22H,2-5,8-12H2,1H3. The van der Waals surface area contributed by atoms with Gasteiger partial charge < -0.3 is 14.4 Å². The van der Waals surface area contributed by atoms with Crippen molar-refractivity contribution in [3.8, 4) is 5.75 Å². The molecule has 0 unspecified atom stereocenters. The van der Waals surface area contributed by atoms with Crippen molar-refractivity contribution in [3.05, 3.63) is 39.2 Å². The van der Waals surface area contributed by atoms with E-state index in [0.29, 0.717) is 12.1 Å². The van der Waals surface area contributed by atoms with Crippen LogP contribution in [0.2, 0.25) is 0 Å². The van der Waals surface area contributed by atoms with E-state index in [-0.39, 0.29) is 11.4 Å². The SMILES string of the molecule is CCN1CCN(Cc2c(O)ccc3c4c(c(=O)oc23)CCC4)CC1. The lowest BCUT2D eigenvalue weighted by molar-refractivity contribution is 0.131.